The standard InChI is InChI=1S/C19H17FN2O2/c1-3-13-6-7-14(11-17(13)20)24-19-15(5-4-9-22-19)16-12-21-10-8-18(16)23-2/h4-12H,3H2,1-2H3. The second-order valence-electron chi connectivity index (χ2n) is 5.14. The van der Waals surface area contributed by atoms with Gasteiger partial charge in [-0.25, -0.2) is 9.37 Å². The molecule has 0 radical (unpaired) electrons. The van der Waals surface area contributed by atoms with Crippen LogP contribution in [-0.2, 0) is 6.42 Å². The van der Waals surface area contributed by atoms with Crippen molar-refractivity contribution < 1.29 is 13.9 Å². The van der Waals surface area contributed by atoms with E-state index in [4.69, 9.17) is 9.47 Å². The van der Waals surface area contributed by atoms with Gasteiger partial charge in [0.05, 0.1) is 7.11 Å². The van der Waals surface area contributed by atoms with E-state index in [0.29, 0.717) is 29.4 Å². The second-order valence-corrected chi connectivity index (χ2v) is 5.14. The van der Waals surface area contributed by atoms with E-state index in [9.17, 15) is 4.39 Å². The Morgan fingerprint density at radius 3 is 2.71 bits per heavy atom. The van der Waals surface area contributed by atoms with Crippen molar-refractivity contribution in [1.82, 2.24) is 9.97 Å². The summed E-state index contributed by atoms with van der Waals surface area (Å²) >= 11 is 0. The minimum Gasteiger partial charge on any atom is -0.496 e. The molecular weight excluding hydrogens is 307 g/mol. The minimum atomic E-state index is -0.286. The fourth-order valence-electron chi connectivity index (χ4n) is 2.43. The molecule has 0 aliphatic rings. The molecule has 0 atom stereocenters. The zero-order valence-electron chi connectivity index (χ0n) is 13.5. The highest BCUT2D eigenvalue weighted by Crippen LogP contribution is 2.36. The van der Waals surface area contributed by atoms with Crippen LogP contribution in [0.2, 0.25) is 0 Å². The summed E-state index contributed by atoms with van der Waals surface area (Å²) in [6.45, 7) is 1.91. The first kappa shape index (κ1) is 15.9. The first-order valence-corrected chi connectivity index (χ1v) is 7.62. The summed E-state index contributed by atoms with van der Waals surface area (Å²) in [5, 5.41) is 0. The van der Waals surface area contributed by atoms with Crippen molar-refractivity contribution >= 4 is 0 Å². The third-order valence-corrected chi connectivity index (χ3v) is 3.68. The van der Waals surface area contributed by atoms with E-state index in [0.717, 1.165) is 11.1 Å². The molecule has 2 heterocycles. The monoisotopic (exact) mass is 324 g/mol. The van der Waals surface area contributed by atoms with Gasteiger partial charge in [-0.2, -0.15) is 0 Å². The fourth-order valence-corrected chi connectivity index (χ4v) is 2.43. The summed E-state index contributed by atoms with van der Waals surface area (Å²) in [6.07, 6.45) is 5.59. The highest BCUT2D eigenvalue weighted by Gasteiger charge is 2.14. The Morgan fingerprint density at radius 2 is 1.96 bits per heavy atom. The Bertz CT molecular complexity index is 852. The van der Waals surface area contributed by atoms with E-state index in [1.165, 1.54) is 6.07 Å². The maximum absolute atomic E-state index is 14.0. The molecule has 4 nitrogen and oxygen atoms in total. The average molecular weight is 324 g/mol. The molecule has 0 bridgehead atoms. The topological polar surface area (TPSA) is 44.2 Å². The van der Waals surface area contributed by atoms with Crippen LogP contribution in [0.15, 0.2) is 55.0 Å². The maximum Gasteiger partial charge on any atom is 0.227 e. The number of hydrogen-bond acceptors (Lipinski definition) is 4. The molecule has 0 saturated carbocycles. The molecule has 5 heteroatoms. The lowest BCUT2D eigenvalue weighted by Crippen LogP contribution is -1.95. The number of halogens is 1. The Kier molecular flexibility index (Phi) is 4.70. The average Bonchev–Trinajstić information content (AvgIpc) is 2.62. The predicted octanol–water partition coefficient (Wildman–Crippen LogP) is 4.65. The summed E-state index contributed by atoms with van der Waals surface area (Å²) in [5.41, 5.74) is 2.13. The first-order valence-electron chi connectivity index (χ1n) is 7.62. The summed E-state index contributed by atoms with van der Waals surface area (Å²) in [6, 6.07) is 10.3. The Hall–Kier alpha value is -2.95. The number of benzene rings is 1. The molecule has 2 aromatic heterocycles. The van der Waals surface area contributed by atoms with E-state index in [-0.39, 0.29) is 5.82 Å². The molecule has 122 valence electrons. The van der Waals surface area contributed by atoms with Crippen LogP contribution in [0.4, 0.5) is 4.39 Å². The molecule has 1 aromatic carbocycles. The first-order chi connectivity index (χ1) is 11.7. The van der Waals surface area contributed by atoms with Gasteiger partial charge >= 0.3 is 0 Å². The van der Waals surface area contributed by atoms with E-state index in [2.05, 4.69) is 9.97 Å². The summed E-state index contributed by atoms with van der Waals surface area (Å²) < 4.78 is 25.1. The molecule has 0 saturated heterocycles. The van der Waals surface area contributed by atoms with Gasteiger partial charge in [0.25, 0.3) is 0 Å². The number of rotatable bonds is 5. The highest BCUT2D eigenvalue weighted by atomic mass is 19.1. The number of aryl methyl sites for hydroxylation is 1. The second kappa shape index (κ2) is 7.08. The lowest BCUT2D eigenvalue weighted by Gasteiger charge is -2.12. The van der Waals surface area contributed by atoms with E-state index in [1.54, 1.807) is 50.0 Å². The molecule has 0 N–H and O–H groups in total. The van der Waals surface area contributed by atoms with Gasteiger partial charge in [0.2, 0.25) is 5.88 Å². The van der Waals surface area contributed by atoms with Crippen LogP contribution in [0.25, 0.3) is 11.1 Å². The Morgan fingerprint density at radius 1 is 1.08 bits per heavy atom. The van der Waals surface area contributed by atoms with Crippen molar-refractivity contribution in [3.05, 3.63) is 66.4 Å². The number of aromatic nitrogens is 2. The van der Waals surface area contributed by atoms with E-state index in [1.807, 2.05) is 13.0 Å². The largest absolute Gasteiger partial charge is 0.496 e. The quantitative estimate of drug-likeness (QED) is 0.685. The molecule has 0 amide bonds. The molecule has 0 unspecified atom stereocenters. The Labute approximate surface area is 139 Å². The van der Waals surface area contributed by atoms with Crippen LogP contribution in [-0.4, -0.2) is 17.1 Å². The van der Waals surface area contributed by atoms with E-state index >= 15 is 0 Å². The van der Waals surface area contributed by atoms with Gasteiger partial charge in [-0.1, -0.05) is 13.0 Å². The molecule has 0 fully saturated rings. The normalized spacial score (nSPS) is 10.5. The van der Waals surface area contributed by atoms with Crippen LogP contribution >= 0.6 is 0 Å². The summed E-state index contributed by atoms with van der Waals surface area (Å²) in [4.78, 5) is 8.40. The minimum absolute atomic E-state index is 0.286. The van der Waals surface area contributed by atoms with Gasteiger partial charge in [0.15, 0.2) is 0 Å². The molecule has 0 aliphatic heterocycles. The van der Waals surface area contributed by atoms with Gasteiger partial charge in [-0.05, 0) is 36.2 Å². The van der Waals surface area contributed by atoms with Gasteiger partial charge in [-0.3, -0.25) is 4.98 Å². The Balaban J connectivity index is 2.00. The number of hydrogen-bond donors (Lipinski definition) is 0. The summed E-state index contributed by atoms with van der Waals surface area (Å²) in [7, 11) is 1.59. The summed E-state index contributed by atoms with van der Waals surface area (Å²) in [5.74, 6) is 1.14. The lowest BCUT2D eigenvalue weighted by molar-refractivity contribution is 0.415. The number of ether oxygens (including phenoxy) is 2. The smallest absolute Gasteiger partial charge is 0.227 e. The van der Waals surface area contributed by atoms with Gasteiger partial charge in [-0.15, -0.1) is 0 Å². The van der Waals surface area contributed by atoms with Crippen LogP contribution < -0.4 is 9.47 Å². The molecule has 0 aliphatic carbocycles. The van der Waals surface area contributed by atoms with Crippen molar-refractivity contribution in [2.75, 3.05) is 7.11 Å². The van der Waals surface area contributed by atoms with Crippen molar-refractivity contribution in [3.8, 4) is 28.5 Å². The molecular formula is C19H17FN2O2. The van der Waals surface area contributed by atoms with Crippen LogP contribution in [0, 0.1) is 5.82 Å². The number of methoxy groups -OCH3 is 1. The predicted molar refractivity (Wildman–Crippen MR) is 89.9 cm³/mol. The number of pyridine rings is 2. The fraction of sp³-hybridized carbons (Fsp3) is 0.158. The molecule has 0 spiro atoms. The number of nitrogens with zero attached hydrogens (tertiary/aromatic N) is 2. The van der Waals surface area contributed by atoms with Crippen molar-refractivity contribution in [3.63, 3.8) is 0 Å². The maximum atomic E-state index is 14.0. The third kappa shape index (κ3) is 3.20. The molecule has 3 aromatic rings. The SMILES string of the molecule is CCc1ccc(Oc2ncccc2-c2cnccc2OC)cc1F. The van der Waals surface area contributed by atoms with Crippen molar-refractivity contribution in [2.45, 2.75) is 13.3 Å². The van der Waals surface area contributed by atoms with Gasteiger partial charge in [0.1, 0.15) is 17.3 Å². The van der Waals surface area contributed by atoms with E-state index < -0.39 is 0 Å². The van der Waals surface area contributed by atoms with Crippen LogP contribution in [0.3, 0.4) is 0 Å². The molecule has 24 heavy (non-hydrogen) atoms. The van der Waals surface area contributed by atoms with Crippen LogP contribution in [0.1, 0.15) is 12.5 Å². The third-order valence-electron chi connectivity index (χ3n) is 3.68. The zero-order chi connectivity index (χ0) is 16.9. The highest BCUT2D eigenvalue weighted by molar-refractivity contribution is 5.73. The molecule has 3 rings (SSSR count). The van der Waals surface area contributed by atoms with Crippen LogP contribution in [0.5, 0.6) is 17.4 Å². The van der Waals surface area contributed by atoms with Gasteiger partial charge in [0, 0.05) is 35.8 Å². The lowest BCUT2D eigenvalue weighted by atomic mass is 10.1. The zero-order valence-corrected chi connectivity index (χ0v) is 13.5. The van der Waals surface area contributed by atoms with Crippen molar-refractivity contribution in [2.24, 2.45) is 0 Å². The van der Waals surface area contributed by atoms with Crippen molar-refractivity contribution in [1.29, 1.82) is 0 Å². The van der Waals surface area contributed by atoms with Gasteiger partial charge < -0.3 is 9.47 Å².